The molecule has 1 aromatic heterocycles. The zero-order valence-corrected chi connectivity index (χ0v) is 13.9. The maximum atomic E-state index is 13.1. The third kappa shape index (κ3) is 2.30. The molecule has 2 aliphatic rings. The summed E-state index contributed by atoms with van der Waals surface area (Å²) in [5.41, 5.74) is 8.44. The summed E-state index contributed by atoms with van der Waals surface area (Å²) in [7, 11) is 0. The zero-order valence-electron chi connectivity index (χ0n) is 13.9. The number of aromatic nitrogens is 1. The smallest absolute Gasteiger partial charge is 0.270 e. The molecule has 1 heterocycles. The van der Waals surface area contributed by atoms with Crippen LogP contribution in [0.25, 0.3) is 10.9 Å². The number of carbonyl (C=O) groups is 1. The van der Waals surface area contributed by atoms with Crippen molar-refractivity contribution in [3.63, 3.8) is 0 Å². The van der Waals surface area contributed by atoms with Gasteiger partial charge >= 0.3 is 0 Å². The summed E-state index contributed by atoms with van der Waals surface area (Å²) in [5.74, 6) is 0.484. The minimum Gasteiger partial charge on any atom is -0.351 e. The minimum atomic E-state index is -0.0290. The molecule has 0 radical (unpaired) electrons. The van der Waals surface area contributed by atoms with E-state index in [-0.39, 0.29) is 17.5 Å². The van der Waals surface area contributed by atoms with Gasteiger partial charge in [0, 0.05) is 29.0 Å². The average molecular weight is 322 g/mol. The van der Waals surface area contributed by atoms with Gasteiger partial charge in [-0.25, -0.2) is 0 Å². The molecule has 0 saturated heterocycles. The van der Waals surface area contributed by atoms with Gasteiger partial charge < -0.3 is 15.6 Å². The Kier molecular flexibility index (Phi) is 3.40. The normalized spacial score (nSPS) is 28.2. The summed E-state index contributed by atoms with van der Waals surface area (Å²) < 4.78 is 0. The number of nitrogens with zero attached hydrogens (tertiary/aromatic N) is 2. The van der Waals surface area contributed by atoms with Crippen LogP contribution in [0, 0.1) is 17.2 Å². The van der Waals surface area contributed by atoms with Crippen molar-refractivity contribution >= 4 is 16.8 Å². The van der Waals surface area contributed by atoms with Crippen LogP contribution in [0.15, 0.2) is 24.3 Å². The quantitative estimate of drug-likeness (QED) is 0.911. The molecule has 0 bridgehead atoms. The maximum absolute atomic E-state index is 13.1. The summed E-state index contributed by atoms with van der Waals surface area (Å²) in [6.45, 7) is 2.72. The Bertz CT molecular complexity index is 849. The highest BCUT2D eigenvalue weighted by Gasteiger charge is 2.58. The van der Waals surface area contributed by atoms with E-state index in [1.807, 2.05) is 30.0 Å². The number of fused-ring (bicyclic) bond motifs is 2. The van der Waals surface area contributed by atoms with Crippen molar-refractivity contribution in [2.45, 2.75) is 44.2 Å². The SMILES string of the molecule is CCN(C(=O)c1cc2cc(C#N)ccc2[nH]1)[C@H]1CCC[C@]2(N)C[C@H]12. The number of nitrogens with two attached hydrogens (primary N) is 1. The summed E-state index contributed by atoms with van der Waals surface area (Å²) in [5, 5.41) is 9.92. The topological polar surface area (TPSA) is 85.9 Å². The average Bonchev–Trinajstić information content (AvgIpc) is 3.11. The van der Waals surface area contributed by atoms with E-state index in [0.29, 0.717) is 23.7 Å². The molecule has 4 rings (SSSR count). The summed E-state index contributed by atoms with van der Waals surface area (Å²) in [6, 6.07) is 9.67. The Morgan fingerprint density at radius 1 is 1.50 bits per heavy atom. The Morgan fingerprint density at radius 3 is 3.08 bits per heavy atom. The van der Waals surface area contributed by atoms with Gasteiger partial charge in [-0.3, -0.25) is 4.79 Å². The maximum Gasteiger partial charge on any atom is 0.270 e. The van der Waals surface area contributed by atoms with Crippen molar-refractivity contribution in [3.05, 3.63) is 35.5 Å². The van der Waals surface area contributed by atoms with Crippen molar-refractivity contribution < 1.29 is 4.79 Å². The monoisotopic (exact) mass is 322 g/mol. The van der Waals surface area contributed by atoms with E-state index < -0.39 is 0 Å². The number of H-pyrrole nitrogens is 1. The van der Waals surface area contributed by atoms with Crippen LogP contribution in [0.3, 0.4) is 0 Å². The lowest BCUT2D eigenvalue weighted by Gasteiger charge is -2.35. The Hall–Kier alpha value is -2.32. The molecule has 1 amide bonds. The molecule has 124 valence electrons. The molecule has 2 saturated carbocycles. The third-order valence-corrected chi connectivity index (χ3v) is 5.77. The van der Waals surface area contributed by atoms with Gasteiger partial charge in [0.15, 0.2) is 0 Å². The lowest BCUT2D eigenvalue weighted by molar-refractivity contribution is 0.0617. The highest BCUT2D eigenvalue weighted by Crippen LogP contribution is 2.53. The number of nitriles is 1. The number of benzene rings is 1. The molecular formula is C19H22N4O. The van der Waals surface area contributed by atoms with Crippen LogP contribution in [0.1, 0.15) is 48.7 Å². The van der Waals surface area contributed by atoms with Crippen molar-refractivity contribution in [1.82, 2.24) is 9.88 Å². The first kappa shape index (κ1) is 15.2. The molecule has 1 aromatic carbocycles. The molecule has 3 N–H and O–H groups in total. The van der Waals surface area contributed by atoms with Gasteiger partial charge in [0.1, 0.15) is 5.69 Å². The zero-order chi connectivity index (χ0) is 16.9. The fourth-order valence-corrected chi connectivity index (χ4v) is 4.37. The second-order valence-corrected chi connectivity index (χ2v) is 7.19. The molecule has 0 aliphatic heterocycles. The van der Waals surface area contributed by atoms with Crippen molar-refractivity contribution in [2.24, 2.45) is 11.7 Å². The summed E-state index contributed by atoms with van der Waals surface area (Å²) in [6.07, 6.45) is 4.27. The second-order valence-electron chi connectivity index (χ2n) is 7.19. The Balaban J connectivity index is 1.63. The molecular weight excluding hydrogens is 300 g/mol. The van der Waals surface area contributed by atoms with Crippen molar-refractivity contribution in [2.75, 3.05) is 6.54 Å². The molecule has 2 aliphatic carbocycles. The lowest BCUT2D eigenvalue weighted by Crippen LogP contribution is -2.47. The first-order valence-electron chi connectivity index (χ1n) is 8.68. The summed E-state index contributed by atoms with van der Waals surface area (Å²) >= 11 is 0. The molecule has 24 heavy (non-hydrogen) atoms. The molecule has 3 atom stereocenters. The predicted octanol–water partition coefficient (Wildman–Crippen LogP) is 2.77. The molecule has 0 unspecified atom stereocenters. The van der Waals surface area contributed by atoms with E-state index in [4.69, 9.17) is 11.0 Å². The van der Waals surface area contributed by atoms with Crippen LogP contribution < -0.4 is 5.73 Å². The summed E-state index contributed by atoms with van der Waals surface area (Å²) in [4.78, 5) is 18.2. The third-order valence-electron chi connectivity index (χ3n) is 5.77. The number of hydrogen-bond acceptors (Lipinski definition) is 3. The van der Waals surface area contributed by atoms with Gasteiger partial charge in [0.25, 0.3) is 5.91 Å². The Morgan fingerprint density at radius 2 is 2.33 bits per heavy atom. The van der Waals surface area contributed by atoms with Crippen LogP contribution >= 0.6 is 0 Å². The van der Waals surface area contributed by atoms with E-state index in [9.17, 15) is 4.79 Å². The van der Waals surface area contributed by atoms with Gasteiger partial charge in [-0.1, -0.05) is 0 Å². The highest BCUT2D eigenvalue weighted by atomic mass is 16.2. The van der Waals surface area contributed by atoms with E-state index in [2.05, 4.69) is 11.1 Å². The van der Waals surface area contributed by atoms with Crippen LogP contribution in [0.4, 0.5) is 0 Å². The number of amides is 1. The van der Waals surface area contributed by atoms with Crippen LogP contribution in [-0.2, 0) is 0 Å². The first-order chi connectivity index (χ1) is 11.6. The predicted molar refractivity (Wildman–Crippen MR) is 92.4 cm³/mol. The van der Waals surface area contributed by atoms with E-state index in [1.165, 1.54) is 0 Å². The van der Waals surface area contributed by atoms with Crippen molar-refractivity contribution in [3.8, 4) is 6.07 Å². The minimum absolute atomic E-state index is 0.0290. The molecule has 5 heteroatoms. The Labute approximate surface area is 141 Å². The van der Waals surface area contributed by atoms with E-state index in [0.717, 1.165) is 36.6 Å². The standard InChI is InChI=1S/C19H22N4O/c1-2-23(17-4-3-7-19(21)10-14(17)19)18(24)16-9-13-8-12(11-20)5-6-15(13)22-16/h5-6,8-9,14,17,22H,2-4,7,10,21H2,1H3/t14-,17+,19+/m1/s1. The van der Waals surface area contributed by atoms with E-state index in [1.54, 1.807) is 6.07 Å². The number of aromatic amines is 1. The van der Waals surface area contributed by atoms with Crippen LogP contribution in [0.5, 0.6) is 0 Å². The number of nitrogens with one attached hydrogen (secondary N) is 1. The fourth-order valence-electron chi connectivity index (χ4n) is 4.37. The molecule has 5 nitrogen and oxygen atoms in total. The highest BCUT2D eigenvalue weighted by molar-refractivity contribution is 5.98. The second kappa shape index (κ2) is 5.35. The number of hydrogen-bond donors (Lipinski definition) is 2. The largest absolute Gasteiger partial charge is 0.351 e. The fraction of sp³-hybridized carbons (Fsp3) is 0.474. The number of rotatable bonds is 3. The van der Waals surface area contributed by atoms with Crippen molar-refractivity contribution in [1.29, 1.82) is 5.26 Å². The molecule has 2 aromatic rings. The van der Waals surface area contributed by atoms with Gasteiger partial charge in [-0.15, -0.1) is 0 Å². The first-order valence-corrected chi connectivity index (χ1v) is 8.68. The van der Waals surface area contributed by atoms with Crippen LogP contribution in [-0.4, -0.2) is 33.9 Å². The lowest BCUT2D eigenvalue weighted by atomic mass is 9.90. The van der Waals surface area contributed by atoms with Gasteiger partial charge in [-0.05, 0) is 62.8 Å². The molecule has 2 fully saturated rings. The molecule has 0 spiro atoms. The van der Waals surface area contributed by atoms with Gasteiger partial charge in [0.2, 0.25) is 0 Å². The van der Waals surface area contributed by atoms with Gasteiger partial charge in [0.05, 0.1) is 11.6 Å². The van der Waals surface area contributed by atoms with Crippen LogP contribution in [0.2, 0.25) is 0 Å². The van der Waals surface area contributed by atoms with Gasteiger partial charge in [-0.2, -0.15) is 5.26 Å². The number of carbonyl (C=O) groups excluding carboxylic acids is 1. The van der Waals surface area contributed by atoms with E-state index >= 15 is 0 Å².